The topological polar surface area (TPSA) is 31.9 Å². The van der Waals surface area contributed by atoms with Crippen molar-refractivity contribution < 1.29 is 0 Å². The highest BCUT2D eigenvalue weighted by atomic mass is 15.3. The zero-order valence-corrected chi connectivity index (χ0v) is 14.2. The Bertz CT molecular complexity index is 694. The van der Waals surface area contributed by atoms with E-state index >= 15 is 0 Å². The molecule has 1 aliphatic carbocycles. The van der Waals surface area contributed by atoms with E-state index in [9.17, 15) is 0 Å². The van der Waals surface area contributed by atoms with E-state index in [4.69, 9.17) is 4.98 Å². The SMILES string of the molecule is CC(C)c1c[nH]c2ccc(C3N(C(C)C)CC34CCC4)nc12. The average Bonchev–Trinajstić information content (AvgIpc) is 2.78. The maximum absolute atomic E-state index is 5.12. The molecule has 3 nitrogen and oxygen atoms in total. The zero-order valence-electron chi connectivity index (χ0n) is 14.2. The average molecular weight is 297 g/mol. The first kappa shape index (κ1) is 14.3. The summed E-state index contributed by atoms with van der Waals surface area (Å²) >= 11 is 0. The van der Waals surface area contributed by atoms with Gasteiger partial charge in [0.2, 0.25) is 0 Å². The fourth-order valence-corrected chi connectivity index (χ4v) is 4.43. The molecule has 2 aromatic heterocycles. The molecule has 4 rings (SSSR count). The molecule has 2 aromatic rings. The molecule has 0 bridgehead atoms. The van der Waals surface area contributed by atoms with Gasteiger partial charge in [-0.25, -0.2) is 4.98 Å². The van der Waals surface area contributed by atoms with E-state index in [0.717, 1.165) is 0 Å². The van der Waals surface area contributed by atoms with Crippen molar-refractivity contribution in [1.29, 1.82) is 0 Å². The van der Waals surface area contributed by atoms with Crippen LogP contribution in [0, 0.1) is 5.41 Å². The number of fused-ring (bicyclic) bond motifs is 1. The monoisotopic (exact) mass is 297 g/mol. The number of nitrogens with one attached hydrogen (secondary N) is 1. The Morgan fingerprint density at radius 2 is 2.00 bits per heavy atom. The first-order valence-corrected chi connectivity index (χ1v) is 8.75. The number of H-pyrrole nitrogens is 1. The highest BCUT2D eigenvalue weighted by molar-refractivity contribution is 5.79. The molecular weight excluding hydrogens is 270 g/mol. The zero-order chi connectivity index (χ0) is 15.5. The molecule has 22 heavy (non-hydrogen) atoms. The quantitative estimate of drug-likeness (QED) is 0.896. The van der Waals surface area contributed by atoms with Crippen LogP contribution >= 0.6 is 0 Å². The summed E-state index contributed by atoms with van der Waals surface area (Å²) in [6.45, 7) is 10.4. The Hall–Kier alpha value is -1.35. The second kappa shape index (κ2) is 4.82. The maximum atomic E-state index is 5.12. The molecule has 3 heteroatoms. The predicted octanol–water partition coefficient (Wildman–Crippen LogP) is 4.62. The second-order valence-electron chi connectivity index (χ2n) is 7.92. The Morgan fingerprint density at radius 3 is 2.59 bits per heavy atom. The molecule has 1 atom stereocenters. The molecule has 1 spiro atoms. The molecule has 2 fully saturated rings. The molecule has 1 saturated carbocycles. The normalized spacial score (nSPS) is 24.2. The maximum Gasteiger partial charge on any atom is 0.0917 e. The third kappa shape index (κ3) is 1.88. The van der Waals surface area contributed by atoms with Gasteiger partial charge in [0.25, 0.3) is 0 Å². The van der Waals surface area contributed by atoms with E-state index in [-0.39, 0.29) is 0 Å². The first-order chi connectivity index (χ1) is 10.5. The van der Waals surface area contributed by atoms with Gasteiger partial charge in [-0.05, 0) is 50.3 Å². The Morgan fingerprint density at radius 1 is 1.23 bits per heavy atom. The molecule has 1 aliphatic heterocycles. The largest absolute Gasteiger partial charge is 0.360 e. The van der Waals surface area contributed by atoms with Crippen molar-refractivity contribution in [2.75, 3.05) is 6.54 Å². The number of rotatable bonds is 3. The van der Waals surface area contributed by atoms with Gasteiger partial charge in [-0.3, -0.25) is 4.90 Å². The second-order valence-corrected chi connectivity index (χ2v) is 7.92. The Kier molecular flexibility index (Phi) is 3.12. The van der Waals surface area contributed by atoms with E-state index in [2.05, 4.69) is 55.9 Å². The van der Waals surface area contributed by atoms with Crippen molar-refractivity contribution in [1.82, 2.24) is 14.9 Å². The standard InChI is InChI=1S/C19H27N3/c1-12(2)14-10-20-15-6-7-16(21-17(14)15)18-19(8-5-9-19)11-22(18)13(3)4/h6-7,10,12-13,18,20H,5,8-9,11H2,1-4H3. The van der Waals surface area contributed by atoms with Gasteiger partial charge in [0.15, 0.2) is 0 Å². The highest BCUT2D eigenvalue weighted by Gasteiger charge is 2.57. The van der Waals surface area contributed by atoms with Crippen molar-refractivity contribution in [2.45, 2.75) is 65.0 Å². The number of pyridine rings is 1. The Balaban J connectivity index is 1.77. The number of hydrogen-bond donors (Lipinski definition) is 1. The van der Waals surface area contributed by atoms with Crippen LogP contribution in [0.1, 0.15) is 70.2 Å². The fraction of sp³-hybridized carbons (Fsp3) is 0.632. The molecule has 118 valence electrons. The summed E-state index contributed by atoms with van der Waals surface area (Å²) in [5.74, 6) is 0.511. The van der Waals surface area contributed by atoms with Gasteiger partial charge in [-0.2, -0.15) is 0 Å². The van der Waals surface area contributed by atoms with Crippen molar-refractivity contribution >= 4 is 11.0 Å². The van der Waals surface area contributed by atoms with Crippen LogP contribution in [0.4, 0.5) is 0 Å². The summed E-state index contributed by atoms with van der Waals surface area (Å²) in [6.07, 6.45) is 6.29. The van der Waals surface area contributed by atoms with Crippen molar-refractivity contribution in [3.63, 3.8) is 0 Å². The fourth-order valence-electron chi connectivity index (χ4n) is 4.43. The van der Waals surface area contributed by atoms with Gasteiger partial charge < -0.3 is 4.98 Å². The first-order valence-electron chi connectivity index (χ1n) is 8.75. The van der Waals surface area contributed by atoms with Gasteiger partial charge >= 0.3 is 0 Å². The number of aromatic amines is 1. The lowest BCUT2D eigenvalue weighted by molar-refractivity contribution is -0.145. The van der Waals surface area contributed by atoms with Crippen LogP contribution in [0.15, 0.2) is 18.3 Å². The molecule has 0 radical (unpaired) electrons. The minimum Gasteiger partial charge on any atom is -0.360 e. The lowest BCUT2D eigenvalue weighted by atomic mass is 9.57. The summed E-state index contributed by atoms with van der Waals surface area (Å²) < 4.78 is 0. The van der Waals surface area contributed by atoms with Crippen LogP contribution in [0.3, 0.4) is 0 Å². The molecule has 0 aromatic carbocycles. The van der Waals surface area contributed by atoms with E-state index in [1.165, 1.54) is 48.1 Å². The summed E-state index contributed by atoms with van der Waals surface area (Å²) in [6, 6.07) is 5.61. The van der Waals surface area contributed by atoms with Crippen LogP contribution in [-0.2, 0) is 0 Å². The summed E-state index contributed by atoms with van der Waals surface area (Å²) in [5, 5.41) is 0. The van der Waals surface area contributed by atoms with Crippen LogP contribution < -0.4 is 0 Å². The van der Waals surface area contributed by atoms with E-state index < -0.39 is 0 Å². The van der Waals surface area contributed by atoms with Crippen molar-refractivity contribution in [3.05, 3.63) is 29.6 Å². The molecule has 2 aliphatic rings. The van der Waals surface area contributed by atoms with E-state index in [1.807, 2.05) is 0 Å². The van der Waals surface area contributed by atoms with Crippen LogP contribution in [-0.4, -0.2) is 27.5 Å². The minimum absolute atomic E-state index is 0.511. The van der Waals surface area contributed by atoms with Crippen molar-refractivity contribution in [3.8, 4) is 0 Å². The smallest absolute Gasteiger partial charge is 0.0917 e. The highest BCUT2D eigenvalue weighted by Crippen LogP contribution is 2.60. The predicted molar refractivity (Wildman–Crippen MR) is 91.0 cm³/mol. The molecular formula is C19H27N3. The van der Waals surface area contributed by atoms with Gasteiger partial charge in [-0.15, -0.1) is 0 Å². The van der Waals surface area contributed by atoms with Gasteiger partial charge in [0.1, 0.15) is 0 Å². The molecule has 1 saturated heterocycles. The molecule has 1 N–H and O–H groups in total. The third-order valence-corrected chi connectivity index (χ3v) is 5.90. The molecule has 3 heterocycles. The number of nitrogens with zero attached hydrogens (tertiary/aromatic N) is 2. The summed E-state index contributed by atoms with van der Waals surface area (Å²) in [7, 11) is 0. The lowest BCUT2D eigenvalue weighted by Gasteiger charge is -2.63. The van der Waals surface area contributed by atoms with Gasteiger partial charge in [-0.1, -0.05) is 20.3 Å². The molecule has 1 unspecified atom stereocenters. The minimum atomic E-state index is 0.511. The molecule has 0 amide bonds. The van der Waals surface area contributed by atoms with E-state index in [1.54, 1.807) is 0 Å². The lowest BCUT2D eigenvalue weighted by Crippen LogP contribution is -2.63. The van der Waals surface area contributed by atoms with Crippen LogP contribution in [0.25, 0.3) is 11.0 Å². The van der Waals surface area contributed by atoms with Crippen LogP contribution in [0.5, 0.6) is 0 Å². The van der Waals surface area contributed by atoms with Crippen molar-refractivity contribution in [2.24, 2.45) is 5.41 Å². The van der Waals surface area contributed by atoms with Crippen LogP contribution in [0.2, 0.25) is 0 Å². The van der Waals surface area contributed by atoms with Gasteiger partial charge in [0.05, 0.1) is 22.8 Å². The number of hydrogen-bond acceptors (Lipinski definition) is 2. The number of likely N-dealkylation sites (tertiary alicyclic amines) is 1. The summed E-state index contributed by atoms with van der Waals surface area (Å²) in [5.41, 5.74) is 5.51. The Labute approximate surface area is 133 Å². The van der Waals surface area contributed by atoms with E-state index in [0.29, 0.717) is 23.4 Å². The third-order valence-electron chi connectivity index (χ3n) is 5.90. The summed E-state index contributed by atoms with van der Waals surface area (Å²) in [4.78, 5) is 11.1. The van der Waals surface area contributed by atoms with Gasteiger partial charge in [0, 0.05) is 24.2 Å². The number of aromatic nitrogens is 2.